The highest BCUT2D eigenvalue weighted by Crippen LogP contribution is 2.15. The van der Waals surface area contributed by atoms with Crippen molar-refractivity contribution in [3.05, 3.63) is 41.9 Å². The minimum atomic E-state index is 0.133. The molecule has 3 nitrogen and oxygen atoms in total. The van der Waals surface area contributed by atoms with E-state index in [1.807, 2.05) is 18.2 Å². The van der Waals surface area contributed by atoms with Gasteiger partial charge in [-0.05, 0) is 37.1 Å². The fraction of sp³-hybridized carbons (Fsp3) is 0.333. The lowest BCUT2D eigenvalue weighted by atomic mass is 10.2. The van der Waals surface area contributed by atoms with Crippen LogP contribution in [0.1, 0.15) is 12.8 Å². The van der Waals surface area contributed by atoms with Crippen LogP contribution in [0.5, 0.6) is 5.75 Å². The largest absolute Gasteiger partial charge is 0.492 e. The van der Waals surface area contributed by atoms with E-state index in [2.05, 4.69) is 12.0 Å². The third kappa shape index (κ3) is 4.66. The summed E-state index contributed by atoms with van der Waals surface area (Å²) in [5.74, 6) is 6.21. The minimum absolute atomic E-state index is 0.133. The summed E-state index contributed by atoms with van der Waals surface area (Å²) < 4.78 is 5.58. The molecule has 1 unspecified atom stereocenters. The number of hydrogen-bond acceptors (Lipinski definition) is 3. The Kier molecular flexibility index (Phi) is 5.93. The summed E-state index contributed by atoms with van der Waals surface area (Å²) in [6.45, 7) is 4.20. The molecule has 0 aliphatic heterocycles. The lowest BCUT2D eigenvalue weighted by Gasteiger charge is -2.15. The first-order chi connectivity index (χ1) is 7.76. The Labute approximate surface area is 101 Å². The van der Waals surface area contributed by atoms with E-state index in [0.717, 1.165) is 18.6 Å². The quantitative estimate of drug-likeness (QED) is 0.437. The third-order valence-corrected chi connectivity index (χ3v) is 2.47. The normalized spacial score (nSPS) is 12.1. The van der Waals surface area contributed by atoms with Gasteiger partial charge in [-0.1, -0.05) is 17.7 Å². The summed E-state index contributed by atoms with van der Waals surface area (Å²) in [6, 6.07) is 7.40. The van der Waals surface area contributed by atoms with Crippen molar-refractivity contribution in [2.24, 2.45) is 5.84 Å². The molecule has 0 fully saturated rings. The van der Waals surface area contributed by atoms with Crippen molar-refractivity contribution in [1.29, 1.82) is 0 Å². The molecule has 1 rings (SSSR count). The van der Waals surface area contributed by atoms with Crippen LogP contribution in [0.25, 0.3) is 0 Å². The highest BCUT2D eigenvalue weighted by molar-refractivity contribution is 6.30. The summed E-state index contributed by atoms with van der Waals surface area (Å²) in [5, 5.41) is 0.701. The van der Waals surface area contributed by atoms with Crippen LogP contribution in [-0.4, -0.2) is 12.6 Å². The number of halogens is 1. The van der Waals surface area contributed by atoms with Crippen LogP contribution < -0.4 is 16.0 Å². The van der Waals surface area contributed by atoms with Crippen LogP contribution in [-0.2, 0) is 0 Å². The van der Waals surface area contributed by atoms with E-state index < -0.39 is 0 Å². The Morgan fingerprint density at radius 1 is 1.44 bits per heavy atom. The molecule has 1 atom stereocenters. The number of hydrazine groups is 1. The maximum atomic E-state index is 5.77. The van der Waals surface area contributed by atoms with Gasteiger partial charge in [-0.25, -0.2) is 0 Å². The molecule has 4 heteroatoms. The lowest BCUT2D eigenvalue weighted by molar-refractivity contribution is 0.258. The zero-order chi connectivity index (χ0) is 11.8. The van der Waals surface area contributed by atoms with Gasteiger partial charge >= 0.3 is 0 Å². The number of ether oxygens (including phenoxy) is 1. The number of nitrogens with one attached hydrogen (secondary N) is 1. The van der Waals surface area contributed by atoms with Crippen molar-refractivity contribution < 1.29 is 4.74 Å². The summed E-state index contributed by atoms with van der Waals surface area (Å²) in [6.07, 6.45) is 3.69. The van der Waals surface area contributed by atoms with Gasteiger partial charge in [0.05, 0.1) is 6.04 Å². The van der Waals surface area contributed by atoms with Crippen LogP contribution in [0.2, 0.25) is 5.02 Å². The van der Waals surface area contributed by atoms with Crippen molar-refractivity contribution in [1.82, 2.24) is 5.43 Å². The minimum Gasteiger partial charge on any atom is -0.492 e. The lowest BCUT2D eigenvalue weighted by Crippen LogP contribution is -2.39. The Morgan fingerprint density at radius 3 is 2.69 bits per heavy atom. The van der Waals surface area contributed by atoms with E-state index in [-0.39, 0.29) is 6.04 Å². The van der Waals surface area contributed by atoms with Gasteiger partial charge in [0.25, 0.3) is 0 Å². The molecule has 0 aliphatic rings. The molecule has 3 N–H and O–H groups in total. The van der Waals surface area contributed by atoms with Gasteiger partial charge in [0.2, 0.25) is 0 Å². The second-order valence-corrected chi connectivity index (χ2v) is 3.93. The number of allylic oxidation sites excluding steroid dienone is 1. The Morgan fingerprint density at radius 2 is 2.12 bits per heavy atom. The van der Waals surface area contributed by atoms with Crippen LogP contribution in [0.3, 0.4) is 0 Å². The van der Waals surface area contributed by atoms with Crippen molar-refractivity contribution in [2.75, 3.05) is 6.61 Å². The fourth-order valence-corrected chi connectivity index (χ4v) is 1.39. The van der Waals surface area contributed by atoms with Crippen LogP contribution in [0, 0.1) is 0 Å². The summed E-state index contributed by atoms with van der Waals surface area (Å²) in [4.78, 5) is 0. The first kappa shape index (κ1) is 13.0. The molecule has 0 heterocycles. The van der Waals surface area contributed by atoms with E-state index in [0.29, 0.717) is 11.6 Å². The van der Waals surface area contributed by atoms with E-state index >= 15 is 0 Å². The molecule has 16 heavy (non-hydrogen) atoms. The molecule has 0 saturated carbocycles. The fourth-order valence-electron chi connectivity index (χ4n) is 1.26. The zero-order valence-electron chi connectivity index (χ0n) is 9.16. The Bertz CT molecular complexity index is 313. The Balaban J connectivity index is 2.36. The van der Waals surface area contributed by atoms with Crippen LogP contribution in [0.15, 0.2) is 36.9 Å². The monoisotopic (exact) mass is 240 g/mol. The molecule has 0 spiro atoms. The standard InChI is InChI=1S/C12H17ClN2O/c1-2-3-4-11(15-14)9-16-12-7-5-10(13)6-8-12/h2,5-8,11,15H,1,3-4,9,14H2. The van der Waals surface area contributed by atoms with Gasteiger partial charge in [0.15, 0.2) is 0 Å². The molecule has 0 aliphatic carbocycles. The smallest absolute Gasteiger partial charge is 0.119 e. The van der Waals surface area contributed by atoms with Crippen LogP contribution in [0.4, 0.5) is 0 Å². The van der Waals surface area contributed by atoms with Crippen LogP contribution >= 0.6 is 11.6 Å². The van der Waals surface area contributed by atoms with Gasteiger partial charge in [0.1, 0.15) is 12.4 Å². The topological polar surface area (TPSA) is 47.3 Å². The number of hydrogen-bond donors (Lipinski definition) is 2. The van der Waals surface area contributed by atoms with Crippen molar-refractivity contribution >= 4 is 11.6 Å². The van der Waals surface area contributed by atoms with Gasteiger partial charge in [-0.2, -0.15) is 0 Å². The molecule has 88 valence electrons. The molecule has 1 aromatic carbocycles. The van der Waals surface area contributed by atoms with E-state index in [4.69, 9.17) is 22.2 Å². The first-order valence-corrected chi connectivity index (χ1v) is 5.59. The molecular formula is C12H17ClN2O. The molecule has 0 amide bonds. The average molecular weight is 241 g/mol. The first-order valence-electron chi connectivity index (χ1n) is 5.21. The zero-order valence-corrected chi connectivity index (χ0v) is 9.91. The summed E-state index contributed by atoms with van der Waals surface area (Å²) in [5.41, 5.74) is 2.72. The highest BCUT2D eigenvalue weighted by atomic mass is 35.5. The van der Waals surface area contributed by atoms with Gasteiger partial charge in [0, 0.05) is 5.02 Å². The maximum Gasteiger partial charge on any atom is 0.119 e. The third-order valence-electron chi connectivity index (χ3n) is 2.22. The summed E-state index contributed by atoms with van der Waals surface area (Å²) in [7, 11) is 0. The SMILES string of the molecule is C=CCCC(COc1ccc(Cl)cc1)NN. The Hall–Kier alpha value is -1.03. The molecule has 0 bridgehead atoms. The second kappa shape index (κ2) is 7.28. The van der Waals surface area contributed by atoms with Crippen molar-refractivity contribution in [3.63, 3.8) is 0 Å². The van der Waals surface area contributed by atoms with E-state index in [1.54, 1.807) is 12.1 Å². The molecule has 1 aromatic rings. The average Bonchev–Trinajstić information content (AvgIpc) is 2.32. The number of benzene rings is 1. The van der Waals surface area contributed by atoms with Gasteiger partial charge in [-0.15, -0.1) is 6.58 Å². The van der Waals surface area contributed by atoms with E-state index in [9.17, 15) is 0 Å². The highest BCUT2D eigenvalue weighted by Gasteiger charge is 2.06. The van der Waals surface area contributed by atoms with Gasteiger partial charge in [-0.3, -0.25) is 11.3 Å². The maximum absolute atomic E-state index is 5.77. The number of nitrogens with two attached hydrogens (primary N) is 1. The predicted octanol–water partition coefficient (Wildman–Crippen LogP) is 2.52. The predicted molar refractivity (Wildman–Crippen MR) is 67.5 cm³/mol. The number of rotatable bonds is 7. The molecule has 0 radical (unpaired) electrons. The molecule has 0 aromatic heterocycles. The van der Waals surface area contributed by atoms with Crippen molar-refractivity contribution in [2.45, 2.75) is 18.9 Å². The summed E-state index contributed by atoms with van der Waals surface area (Å²) >= 11 is 5.77. The van der Waals surface area contributed by atoms with Gasteiger partial charge < -0.3 is 4.74 Å². The second-order valence-electron chi connectivity index (χ2n) is 3.49. The van der Waals surface area contributed by atoms with E-state index in [1.165, 1.54) is 0 Å². The molecule has 0 saturated heterocycles. The van der Waals surface area contributed by atoms with Crippen molar-refractivity contribution in [3.8, 4) is 5.75 Å². The molecular weight excluding hydrogens is 224 g/mol.